The van der Waals surface area contributed by atoms with Crippen molar-refractivity contribution in [2.24, 2.45) is 5.92 Å². The third kappa shape index (κ3) is 5.14. The second-order valence-electron chi connectivity index (χ2n) is 10.9. The average molecular weight is 665 g/mol. The van der Waals surface area contributed by atoms with Gasteiger partial charge in [0.25, 0.3) is 5.91 Å². The summed E-state index contributed by atoms with van der Waals surface area (Å²) >= 11 is 2.26. The minimum Gasteiger partial charge on any atom is -0.497 e. The first-order valence-electron chi connectivity index (χ1n) is 13.2. The van der Waals surface area contributed by atoms with Crippen molar-refractivity contribution in [3.63, 3.8) is 0 Å². The van der Waals surface area contributed by atoms with Gasteiger partial charge in [-0.3, -0.25) is 9.48 Å². The lowest BCUT2D eigenvalue weighted by Crippen LogP contribution is -2.45. The number of methoxy groups -OCH3 is 1. The molecule has 8 nitrogen and oxygen atoms in total. The zero-order valence-corrected chi connectivity index (χ0v) is 25.8. The first-order chi connectivity index (χ1) is 18.6. The molecule has 1 fully saturated rings. The lowest BCUT2D eigenvalue weighted by atomic mass is 9.82. The van der Waals surface area contributed by atoms with Crippen LogP contribution in [0.25, 0.3) is 0 Å². The molecule has 0 bridgehead atoms. The monoisotopic (exact) mass is 664 g/mol. The molecule has 1 saturated heterocycles. The van der Waals surface area contributed by atoms with Crippen LogP contribution in [0.5, 0.6) is 5.75 Å². The first kappa shape index (κ1) is 28.2. The van der Waals surface area contributed by atoms with Crippen molar-refractivity contribution in [2.45, 2.75) is 63.2 Å². The van der Waals surface area contributed by atoms with Crippen LogP contribution in [-0.2, 0) is 34.6 Å². The Hall–Kier alpha value is -2.35. The smallest absolute Gasteiger partial charge is 0.264 e. The number of aliphatic hydroxyl groups is 1. The quantitative estimate of drug-likeness (QED) is 0.200. The number of amides is 1. The van der Waals surface area contributed by atoms with Gasteiger partial charge in [0.2, 0.25) is 8.41 Å². The number of nitrogens with zero attached hydrogens (tertiary/aromatic N) is 4. The molecule has 0 unspecified atom stereocenters. The van der Waals surface area contributed by atoms with Crippen molar-refractivity contribution in [1.29, 1.82) is 0 Å². The normalized spacial score (nSPS) is 24.5. The van der Waals surface area contributed by atoms with Crippen LogP contribution in [0, 0.1) is 9.49 Å². The Morgan fingerprint density at radius 3 is 2.64 bits per heavy atom. The molecule has 1 spiro atoms. The molecule has 1 aromatic heterocycles. The van der Waals surface area contributed by atoms with E-state index in [1.807, 2.05) is 49.4 Å². The molecule has 4 atom stereocenters. The Bertz CT molecular complexity index is 1350. The molecule has 0 radical (unpaired) electrons. The largest absolute Gasteiger partial charge is 0.497 e. The number of aryl methyl sites for hydroxylation is 1. The van der Waals surface area contributed by atoms with E-state index in [9.17, 15) is 9.90 Å². The lowest BCUT2D eigenvalue weighted by Gasteiger charge is -2.31. The first-order valence-corrected chi connectivity index (χ1v) is 17.2. The van der Waals surface area contributed by atoms with Gasteiger partial charge in [0.1, 0.15) is 5.75 Å². The molecule has 2 aliphatic heterocycles. The van der Waals surface area contributed by atoms with E-state index in [1.54, 1.807) is 36.0 Å². The van der Waals surface area contributed by atoms with Crippen molar-refractivity contribution in [3.05, 3.63) is 69.1 Å². The minimum absolute atomic E-state index is 0.00211. The molecule has 3 heterocycles. The highest BCUT2D eigenvalue weighted by Crippen LogP contribution is 2.60. The van der Waals surface area contributed by atoms with Crippen LogP contribution in [0.3, 0.4) is 0 Å². The predicted octanol–water partition coefficient (Wildman–Crippen LogP) is 4.84. The second kappa shape index (κ2) is 10.9. The van der Waals surface area contributed by atoms with E-state index >= 15 is 4.11 Å². The summed E-state index contributed by atoms with van der Waals surface area (Å²) in [6, 6.07) is 13.7. The number of hydrogen-bond acceptors (Lipinski definition) is 6. The zero-order chi connectivity index (χ0) is 27.9. The number of anilines is 1. The predicted molar refractivity (Wildman–Crippen MR) is 157 cm³/mol. The van der Waals surface area contributed by atoms with Crippen molar-refractivity contribution in [2.75, 3.05) is 18.6 Å². The van der Waals surface area contributed by atoms with E-state index < -0.39 is 25.7 Å². The van der Waals surface area contributed by atoms with Gasteiger partial charge in [-0.15, -0.1) is 5.10 Å². The summed E-state index contributed by atoms with van der Waals surface area (Å²) in [6.07, 6.45) is 2.24. The zero-order valence-electron chi connectivity index (χ0n) is 22.6. The number of rotatable bonds is 9. The topological polar surface area (TPSA) is 89.7 Å². The van der Waals surface area contributed by atoms with Gasteiger partial charge in [-0.1, -0.05) is 24.3 Å². The summed E-state index contributed by atoms with van der Waals surface area (Å²) in [5, 5.41) is 17.4. The van der Waals surface area contributed by atoms with Gasteiger partial charge in [0.15, 0.2) is 5.60 Å². The number of ether oxygens (including phenoxy) is 2. The molecule has 2 aromatic carbocycles. The molecule has 5 rings (SSSR count). The summed E-state index contributed by atoms with van der Waals surface area (Å²) in [6.45, 7) is 6.23. The van der Waals surface area contributed by atoms with Crippen molar-refractivity contribution < 1.29 is 23.5 Å². The number of carbonyl (C=O) groups is 1. The van der Waals surface area contributed by atoms with E-state index in [0.717, 1.165) is 20.4 Å². The fraction of sp³-hybridized carbons (Fsp3) is 0.464. The highest BCUT2D eigenvalue weighted by Gasteiger charge is 2.66. The SMILES string of the molecule is COc1ccc2c(c1)[C@]1(O[C@@H](CCn3cc(CCO)nn3)[C@H]([Si](C)(C)F)[C@H]1C)C(=O)N2Cc1ccc(I)cc1. The Morgan fingerprint density at radius 1 is 1.23 bits per heavy atom. The third-order valence-corrected chi connectivity index (χ3v) is 11.2. The van der Waals surface area contributed by atoms with Gasteiger partial charge < -0.3 is 23.6 Å². The maximum atomic E-state index is 16.0. The Balaban J connectivity index is 1.52. The summed E-state index contributed by atoms with van der Waals surface area (Å²) in [5.74, 6) is 0.0899. The van der Waals surface area contributed by atoms with E-state index in [1.165, 1.54) is 0 Å². The van der Waals surface area contributed by atoms with E-state index in [2.05, 4.69) is 32.9 Å². The number of hydrogen-bond donors (Lipinski definition) is 1. The van der Waals surface area contributed by atoms with Crippen LogP contribution in [-0.4, -0.2) is 54.2 Å². The average Bonchev–Trinajstić information content (AvgIpc) is 3.54. The number of halogens is 2. The highest BCUT2D eigenvalue weighted by molar-refractivity contribution is 14.1. The lowest BCUT2D eigenvalue weighted by molar-refractivity contribution is -0.146. The van der Waals surface area contributed by atoms with E-state index in [4.69, 9.17) is 9.47 Å². The summed E-state index contributed by atoms with van der Waals surface area (Å²) in [4.78, 5) is 16.2. The standard InChI is InChI=1S/C28H34FIN4O4Si/c1-18-26(39(3,4)29)25(11-13-33-17-21(12-14-35)31-32-33)38-28(18)23-15-22(37-2)9-10-24(23)34(27(28)36)16-19-5-7-20(30)8-6-19/h5-10,15,17-18,25-26,35H,11-14,16H2,1-4H3/t18-,25+,26-,28+/m1/s1. The molecule has 39 heavy (non-hydrogen) atoms. The van der Waals surface area contributed by atoms with Crippen LogP contribution < -0.4 is 9.64 Å². The fourth-order valence-corrected chi connectivity index (χ4v) is 9.19. The Morgan fingerprint density at radius 2 is 1.97 bits per heavy atom. The molecule has 0 saturated carbocycles. The van der Waals surface area contributed by atoms with Crippen LogP contribution in [0.4, 0.5) is 9.80 Å². The van der Waals surface area contributed by atoms with Crippen LogP contribution in [0.1, 0.15) is 30.2 Å². The molecule has 1 N–H and O–H groups in total. The van der Waals surface area contributed by atoms with E-state index in [0.29, 0.717) is 37.4 Å². The highest BCUT2D eigenvalue weighted by atomic mass is 127. The third-order valence-electron chi connectivity index (χ3n) is 8.02. The van der Waals surface area contributed by atoms with Crippen molar-refractivity contribution in [3.8, 4) is 5.75 Å². The number of benzene rings is 2. The van der Waals surface area contributed by atoms with Gasteiger partial charge in [-0.25, -0.2) is 0 Å². The van der Waals surface area contributed by atoms with Gasteiger partial charge in [0.05, 0.1) is 31.1 Å². The number of carbonyl (C=O) groups excluding carboxylic acids is 1. The minimum atomic E-state index is -3.27. The fourth-order valence-electron chi connectivity index (χ4n) is 6.29. The molecule has 208 valence electrons. The maximum Gasteiger partial charge on any atom is 0.264 e. The Kier molecular flexibility index (Phi) is 7.88. The van der Waals surface area contributed by atoms with Gasteiger partial charge in [-0.2, -0.15) is 0 Å². The van der Waals surface area contributed by atoms with E-state index in [-0.39, 0.29) is 18.4 Å². The van der Waals surface area contributed by atoms with Crippen molar-refractivity contribution >= 4 is 42.6 Å². The summed E-state index contributed by atoms with van der Waals surface area (Å²) in [7, 11) is -1.67. The van der Waals surface area contributed by atoms with Crippen LogP contribution in [0.15, 0.2) is 48.7 Å². The summed E-state index contributed by atoms with van der Waals surface area (Å²) < 4.78 is 31.2. The van der Waals surface area contributed by atoms with Gasteiger partial charge in [-0.05, 0) is 78.0 Å². The van der Waals surface area contributed by atoms with Gasteiger partial charge in [0, 0.05) is 46.4 Å². The van der Waals surface area contributed by atoms with Gasteiger partial charge >= 0.3 is 0 Å². The summed E-state index contributed by atoms with van der Waals surface area (Å²) in [5.41, 5.74) is 1.51. The van der Waals surface area contributed by atoms with Crippen molar-refractivity contribution in [1.82, 2.24) is 15.0 Å². The number of aromatic nitrogens is 3. The molecule has 3 aromatic rings. The number of fused-ring (bicyclic) bond motifs is 2. The Labute approximate surface area is 242 Å². The van der Waals surface area contributed by atoms with Crippen LogP contribution >= 0.6 is 22.6 Å². The maximum absolute atomic E-state index is 16.0. The molecule has 2 aliphatic rings. The molecular formula is C28H34FIN4O4Si. The number of aliphatic hydroxyl groups excluding tert-OH is 1. The molecule has 0 aliphatic carbocycles. The second-order valence-corrected chi connectivity index (χ2v) is 15.9. The molecular weight excluding hydrogens is 630 g/mol. The molecule has 11 heteroatoms. The van der Waals surface area contributed by atoms with Crippen LogP contribution in [0.2, 0.25) is 18.6 Å². The molecule has 1 amide bonds.